The van der Waals surface area contributed by atoms with Gasteiger partial charge in [-0.3, -0.25) is 0 Å². The first-order chi connectivity index (χ1) is 8.60. The summed E-state index contributed by atoms with van der Waals surface area (Å²) in [7, 11) is 0. The Bertz CT molecular complexity index is 522. The molecule has 1 heterocycles. The number of rotatable bonds is 4. The Labute approximate surface area is 120 Å². The molecule has 1 N–H and O–H groups in total. The molecule has 6 heteroatoms. The Morgan fingerprint density at radius 1 is 1.22 bits per heavy atom. The third kappa shape index (κ3) is 3.20. The first-order valence-electron chi connectivity index (χ1n) is 5.63. The number of benzene rings is 1. The molecule has 18 heavy (non-hydrogen) atoms. The van der Waals surface area contributed by atoms with E-state index in [4.69, 9.17) is 23.2 Å². The fourth-order valence-electron chi connectivity index (χ4n) is 1.60. The van der Waals surface area contributed by atoms with Gasteiger partial charge < -0.3 is 5.32 Å². The minimum atomic E-state index is 0.205. The van der Waals surface area contributed by atoms with Crippen molar-refractivity contribution in [3.05, 3.63) is 33.3 Å². The van der Waals surface area contributed by atoms with Gasteiger partial charge in [-0.2, -0.15) is 0 Å². The van der Waals surface area contributed by atoms with E-state index in [-0.39, 0.29) is 6.04 Å². The van der Waals surface area contributed by atoms with Crippen molar-refractivity contribution < 1.29 is 0 Å². The van der Waals surface area contributed by atoms with E-state index in [9.17, 15) is 0 Å². The fraction of sp³-hybridized carbons (Fsp3) is 0.333. The second-order valence-corrected chi connectivity index (χ2v) is 5.76. The van der Waals surface area contributed by atoms with E-state index in [0.717, 1.165) is 22.1 Å². The molecule has 0 radical (unpaired) electrons. The highest BCUT2D eigenvalue weighted by Gasteiger charge is 2.12. The van der Waals surface area contributed by atoms with Gasteiger partial charge in [0, 0.05) is 15.6 Å². The maximum absolute atomic E-state index is 5.98. The molecule has 0 saturated carbocycles. The standard InChI is InChI=1S/C12H13Cl2N3S/c1-3-15-7(2)11-16-17-12(18-11)8-4-9(13)6-10(14)5-8/h4-7,15H,3H2,1-2H3. The van der Waals surface area contributed by atoms with Crippen LogP contribution in [0.1, 0.15) is 24.9 Å². The zero-order valence-corrected chi connectivity index (χ0v) is 12.4. The van der Waals surface area contributed by atoms with Crippen LogP contribution in [0.5, 0.6) is 0 Å². The van der Waals surface area contributed by atoms with Crippen molar-refractivity contribution >= 4 is 34.5 Å². The highest BCUT2D eigenvalue weighted by molar-refractivity contribution is 7.14. The lowest BCUT2D eigenvalue weighted by molar-refractivity contribution is 0.590. The van der Waals surface area contributed by atoms with Gasteiger partial charge in [-0.25, -0.2) is 0 Å². The SMILES string of the molecule is CCNC(C)c1nnc(-c2cc(Cl)cc(Cl)c2)s1. The van der Waals surface area contributed by atoms with E-state index in [1.54, 1.807) is 17.4 Å². The van der Waals surface area contributed by atoms with Crippen LogP contribution in [0, 0.1) is 0 Å². The van der Waals surface area contributed by atoms with Crippen molar-refractivity contribution in [1.29, 1.82) is 0 Å². The van der Waals surface area contributed by atoms with Gasteiger partial charge >= 0.3 is 0 Å². The summed E-state index contributed by atoms with van der Waals surface area (Å²) >= 11 is 13.5. The Kier molecular flexibility index (Phi) is 4.56. The van der Waals surface area contributed by atoms with Crippen LogP contribution in [-0.4, -0.2) is 16.7 Å². The molecule has 0 spiro atoms. The Morgan fingerprint density at radius 3 is 2.50 bits per heavy atom. The molecule has 0 aliphatic heterocycles. The van der Waals surface area contributed by atoms with Gasteiger partial charge in [0.05, 0.1) is 6.04 Å². The van der Waals surface area contributed by atoms with Crippen LogP contribution in [0.2, 0.25) is 10.0 Å². The molecule has 1 aromatic heterocycles. The van der Waals surface area contributed by atoms with Crippen LogP contribution < -0.4 is 5.32 Å². The molecule has 0 fully saturated rings. The van der Waals surface area contributed by atoms with Crippen molar-refractivity contribution in [2.24, 2.45) is 0 Å². The van der Waals surface area contributed by atoms with Crippen LogP contribution in [0.15, 0.2) is 18.2 Å². The number of nitrogens with zero attached hydrogens (tertiary/aromatic N) is 2. The summed E-state index contributed by atoms with van der Waals surface area (Å²) < 4.78 is 0. The van der Waals surface area contributed by atoms with E-state index in [0.29, 0.717) is 10.0 Å². The van der Waals surface area contributed by atoms with E-state index in [1.165, 1.54) is 0 Å². The number of hydrogen-bond acceptors (Lipinski definition) is 4. The average Bonchev–Trinajstić information content (AvgIpc) is 2.77. The van der Waals surface area contributed by atoms with E-state index < -0.39 is 0 Å². The predicted octanol–water partition coefficient (Wildman–Crippen LogP) is 4.18. The molecule has 1 unspecified atom stereocenters. The minimum absolute atomic E-state index is 0.205. The molecule has 2 aromatic rings. The summed E-state index contributed by atoms with van der Waals surface area (Å²) in [4.78, 5) is 0. The quantitative estimate of drug-likeness (QED) is 0.920. The van der Waals surface area contributed by atoms with Crippen molar-refractivity contribution in [2.75, 3.05) is 6.54 Å². The fourth-order valence-corrected chi connectivity index (χ4v) is 2.98. The van der Waals surface area contributed by atoms with Crippen LogP contribution in [0.3, 0.4) is 0 Å². The third-order valence-corrected chi connectivity index (χ3v) is 4.02. The monoisotopic (exact) mass is 301 g/mol. The van der Waals surface area contributed by atoms with Crippen LogP contribution in [-0.2, 0) is 0 Å². The Morgan fingerprint density at radius 2 is 1.89 bits per heavy atom. The molecule has 0 bridgehead atoms. The highest BCUT2D eigenvalue weighted by atomic mass is 35.5. The van der Waals surface area contributed by atoms with Crippen molar-refractivity contribution in [1.82, 2.24) is 15.5 Å². The summed E-state index contributed by atoms with van der Waals surface area (Å²) in [5.41, 5.74) is 0.903. The van der Waals surface area contributed by atoms with E-state index >= 15 is 0 Å². The Balaban J connectivity index is 2.29. The topological polar surface area (TPSA) is 37.8 Å². The Hall–Kier alpha value is -0.680. The summed E-state index contributed by atoms with van der Waals surface area (Å²) in [5, 5.41) is 14.7. The molecule has 0 saturated heterocycles. The molecule has 0 aliphatic rings. The molecule has 2 rings (SSSR count). The maximum Gasteiger partial charge on any atom is 0.147 e. The number of aromatic nitrogens is 2. The summed E-state index contributed by atoms with van der Waals surface area (Å²) in [6.45, 7) is 5.03. The molecule has 3 nitrogen and oxygen atoms in total. The lowest BCUT2D eigenvalue weighted by atomic mass is 10.2. The van der Waals surface area contributed by atoms with Gasteiger partial charge in [0.25, 0.3) is 0 Å². The van der Waals surface area contributed by atoms with Gasteiger partial charge in [0.1, 0.15) is 10.0 Å². The summed E-state index contributed by atoms with van der Waals surface area (Å²) in [6.07, 6.45) is 0. The average molecular weight is 302 g/mol. The first-order valence-corrected chi connectivity index (χ1v) is 7.20. The van der Waals surface area contributed by atoms with Crippen LogP contribution >= 0.6 is 34.5 Å². The highest BCUT2D eigenvalue weighted by Crippen LogP contribution is 2.30. The van der Waals surface area contributed by atoms with Crippen molar-refractivity contribution in [3.8, 4) is 10.6 Å². The molecule has 96 valence electrons. The molecule has 1 atom stereocenters. The number of nitrogens with one attached hydrogen (secondary N) is 1. The zero-order valence-electron chi connectivity index (χ0n) is 10.1. The lowest BCUT2D eigenvalue weighted by Gasteiger charge is -2.06. The minimum Gasteiger partial charge on any atom is -0.308 e. The van der Waals surface area contributed by atoms with E-state index in [1.807, 2.05) is 12.1 Å². The molecule has 0 amide bonds. The zero-order chi connectivity index (χ0) is 13.1. The normalized spacial score (nSPS) is 12.7. The van der Waals surface area contributed by atoms with Gasteiger partial charge in [-0.05, 0) is 31.7 Å². The van der Waals surface area contributed by atoms with E-state index in [2.05, 4.69) is 29.4 Å². The first kappa shape index (κ1) is 13.7. The van der Waals surface area contributed by atoms with Gasteiger partial charge in [0.2, 0.25) is 0 Å². The van der Waals surface area contributed by atoms with Gasteiger partial charge in [-0.1, -0.05) is 41.5 Å². The second kappa shape index (κ2) is 5.97. The largest absolute Gasteiger partial charge is 0.308 e. The third-order valence-electron chi connectivity index (χ3n) is 2.43. The number of halogens is 2. The number of hydrogen-bond donors (Lipinski definition) is 1. The summed E-state index contributed by atoms with van der Waals surface area (Å²) in [6, 6.07) is 5.59. The van der Waals surface area contributed by atoms with Crippen LogP contribution in [0.25, 0.3) is 10.6 Å². The van der Waals surface area contributed by atoms with Crippen molar-refractivity contribution in [3.63, 3.8) is 0 Å². The van der Waals surface area contributed by atoms with Gasteiger partial charge in [-0.15, -0.1) is 10.2 Å². The summed E-state index contributed by atoms with van der Waals surface area (Å²) in [5.74, 6) is 0. The van der Waals surface area contributed by atoms with Crippen molar-refractivity contribution in [2.45, 2.75) is 19.9 Å². The smallest absolute Gasteiger partial charge is 0.147 e. The molecular formula is C12H13Cl2N3S. The lowest BCUT2D eigenvalue weighted by Crippen LogP contribution is -2.17. The van der Waals surface area contributed by atoms with Crippen LogP contribution in [0.4, 0.5) is 0 Å². The second-order valence-electron chi connectivity index (χ2n) is 3.88. The maximum atomic E-state index is 5.98. The molecule has 0 aliphatic carbocycles. The predicted molar refractivity (Wildman–Crippen MR) is 77.5 cm³/mol. The molecular weight excluding hydrogens is 289 g/mol. The van der Waals surface area contributed by atoms with Gasteiger partial charge in [0.15, 0.2) is 0 Å². The molecule has 1 aromatic carbocycles.